The van der Waals surface area contributed by atoms with Gasteiger partial charge in [-0.15, -0.1) is 11.3 Å². The summed E-state index contributed by atoms with van der Waals surface area (Å²) in [5.41, 5.74) is 1.72. The van der Waals surface area contributed by atoms with Gasteiger partial charge in [0.2, 0.25) is 0 Å². The van der Waals surface area contributed by atoms with E-state index in [-0.39, 0.29) is 21.7 Å². The highest BCUT2D eigenvalue weighted by Gasteiger charge is 2.18. The largest absolute Gasteiger partial charge is 0.505 e. The topological polar surface area (TPSA) is 49.3 Å². The molecule has 110 valence electrons. The average Bonchev–Trinajstić information content (AvgIpc) is 2.88. The molecule has 3 rings (SSSR count). The molecule has 0 unspecified atom stereocenters. The number of anilines is 1. The predicted molar refractivity (Wildman–Crippen MR) is 90.3 cm³/mol. The lowest BCUT2D eigenvalue weighted by Gasteiger charge is -2.08. The van der Waals surface area contributed by atoms with Crippen LogP contribution in [0.25, 0.3) is 0 Å². The molecule has 7 heteroatoms. The van der Waals surface area contributed by atoms with Gasteiger partial charge in [-0.2, -0.15) is 11.8 Å². The molecule has 3 nitrogen and oxygen atoms in total. The smallest absolute Gasteiger partial charge is 0.265 e. The second kappa shape index (κ2) is 6.08. The number of nitrogens with one attached hydrogen (secondary N) is 1. The monoisotopic (exact) mass is 359 g/mol. The Kier molecular flexibility index (Phi) is 4.36. The Morgan fingerprint density at radius 2 is 1.95 bits per heavy atom. The van der Waals surface area contributed by atoms with Crippen molar-refractivity contribution in [3.05, 3.63) is 43.6 Å². The molecule has 1 aromatic carbocycles. The Hall–Kier alpha value is -0.880. The van der Waals surface area contributed by atoms with Crippen LogP contribution in [0.15, 0.2) is 18.2 Å². The number of thiophene rings is 1. The van der Waals surface area contributed by atoms with E-state index >= 15 is 0 Å². The van der Waals surface area contributed by atoms with Gasteiger partial charge in [-0.3, -0.25) is 4.79 Å². The van der Waals surface area contributed by atoms with Gasteiger partial charge in [0, 0.05) is 16.3 Å². The molecular weight excluding hydrogens is 349 g/mol. The second-order valence-electron chi connectivity index (χ2n) is 4.60. The van der Waals surface area contributed by atoms with Crippen LogP contribution in [0.2, 0.25) is 10.0 Å². The quantitative estimate of drug-likeness (QED) is 0.757. The van der Waals surface area contributed by atoms with Crippen LogP contribution in [0.5, 0.6) is 5.75 Å². The van der Waals surface area contributed by atoms with E-state index in [0.29, 0.717) is 10.6 Å². The van der Waals surface area contributed by atoms with Crippen molar-refractivity contribution in [1.29, 1.82) is 0 Å². The van der Waals surface area contributed by atoms with Crippen molar-refractivity contribution < 1.29 is 9.90 Å². The Morgan fingerprint density at radius 3 is 2.62 bits per heavy atom. The lowest BCUT2D eigenvalue weighted by atomic mass is 10.2. The van der Waals surface area contributed by atoms with Crippen LogP contribution < -0.4 is 5.32 Å². The maximum atomic E-state index is 12.3. The summed E-state index contributed by atoms with van der Waals surface area (Å²) in [4.78, 5) is 14.3. The van der Waals surface area contributed by atoms with Gasteiger partial charge in [0.15, 0.2) is 5.75 Å². The first kappa shape index (κ1) is 15.0. The third-order valence-corrected chi connectivity index (χ3v) is 5.95. The molecule has 0 fully saturated rings. The molecule has 0 aliphatic carbocycles. The van der Waals surface area contributed by atoms with Crippen LogP contribution in [0.1, 0.15) is 20.1 Å². The molecule has 2 heterocycles. The zero-order chi connectivity index (χ0) is 15.0. The zero-order valence-electron chi connectivity index (χ0n) is 10.8. The minimum atomic E-state index is -0.183. The minimum absolute atomic E-state index is 0.111. The molecule has 1 amide bonds. The molecule has 0 spiro atoms. The fourth-order valence-corrected chi connectivity index (χ4v) is 4.84. The number of phenols is 1. The van der Waals surface area contributed by atoms with Crippen molar-refractivity contribution in [1.82, 2.24) is 0 Å². The molecule has 21 heavy (non-hydrogen) atoms. The van der Waals surface area contributed by atoms with Crippen molar-refractivity contribution >= 4 is 57.9 Å². The first-order chi connectivity index (χ1) is 10.0. The summed E-state index contributed by atoms with van der Waals surface area (Å²) in [5, 5.41) is 12.5. The van der Waals surface area contributed by atoms with Gasteiger partial charge in [-0.05, 0) is 35.9 Å². The van der Waals surface area contributed by atoms with Crippen molar-refractivity contribution in [2.45, 2.75) is 12.2 Å². The summed E-state index contributed by atoms with van der Waals surface area (Å²) in [6.45, 7) is 0. The van der Waals surface area contributed by atoms with Gasteiger partial charge in [0.05, 0.1) is 14.9 Å². The highest BCUT2D eigenvalue weighted by Crippen LogP contribution is 2.35. The zero-order valence-corrected chi connectivity index (χ0v) is 13.9. The maximum Gasteiger partial charge on any atom is 0.265 e. The molecule has 1 aromatic heterocycles. The van der Waals surface area contributed by atoms with E-state index in [9.17, 15) is 9.90 Å². The molecule has 1 aliphatic rings. The number of benzene rings is 1. The molecular formula is C14H11Cl2NO2S2. The fourth-order valence-electron chi connectivity index (χ4n) is 2.09. The Labute approximate surface area is 140 Å². The Morgan fingerprint density at radius 1 is 1.24 bits per heavy atom. The number of hydrogen-bond acceptors (Lipinski definition) is 4. The van der Waals surface area contributed by atoms with Crippen LogP contribution in [-0.2, 0) is 12.2 Å². The molecule has 0 saturated heterocycles. The number of rotatable bonds is 2. The Balaban J connectivity index is 1.81. The molecule has 2 N–H and O–H groups in total. The van der Waals surface area contributed by atoms with Crippen LogP contribution in [0, 0.1) is 0 Å². The predicted octanol–water partition coefficient (Wildman–Crippen LogP) is 4.80. The highest BCUT2D eigenvalue weighted by molar-refractivity contribution is 7.98. The summed E-state index contributed by atoms with van der Waals surface area (Å²) < 4.78 is 0. The third kappa shape index (κ3) is 3.16. The number of aryl methyl sites for hydroxylation is 1. The van der Waals surface area contributed by atoms with Crippen LogP contribution >= 0.6 is 46.3 Å². The van der Waals surface area contributed by atoms with Gasteiger partial charge in [0.25, 0.3) is 5.91 Å². The van der Waals surface area contributed by atoms with Crippen molar-refractivity contribution in [2.24, 2.45) is 0 Å². The van der Waals surface area contributed by atoms with Crippen LogP contribution in [-0.4, -0.2) is 16.8 Å². The number of halogens is 2. The summed E-state index contributed by atoms with van der Waals surface area (Å²) in [6.07, 6.45) is 1.02. The molecule has 0 saturated carbocycles. The van der Waals surface area contributed by atoms with E-state index in [1.165, 1.54) is 33.9 Å². The van der Waals surface area contributed by atoms with Gasteiger partial charge in [0.1, 0.15) is 0 Å². The molecule has 1 aliphatic heterocycles. The standard InChI is InChI=1S/C14H11Cl2NO2S2/c15-9-4-8(5-10(16)13(9)18)17-14(19)12-3-7-6-20-2-1-11(7)21-12/h3-5,18H,1-2,6H2,(H,17,19). The van der Waals surface area contributed by atoms with Gasteiger partial charge < -0.3 is 10.4 Å². The number of aromatic hydroxyl groups is 1. The average molecular weight is 360 g/mol. The molecule has 0 radical (unpaired) electrons. The maximum absolute atomic E-state index is 12.3. The molecule has 0 bridgehead atoms. The van der Waals surface area contributed by atoms with Gasteiger partial charge >= 0.3 is 0 Å². The van der Waals surface area contributed by atoms with Crippen molar-refractivity contribution in [3.8, 4) is 5.75 Å². The summed E-state index contributed by atoms with van der Waals surface area (Å²) in [5.74, 6) is 1.71. The number of thioether (sulfide) groups is 1. The minimum Gasteiger partial charge on any atom is -0.505 e. The van der Waals surface area contributed by atoms with Crippen LogP contribution in [0.4, 0.5) is 5.69 Å². The summed E-state index contributed by atoms with van der Waals surface area (Å²) in [6, 6.07) is 4.90. The molecule has 0 atom stereocenters. The van der Waals surface area contributed by atoms with E-state index in [0.717, 1.165) is 17.9 Å². The first-order valence-electron chi connectivity index (χ1n) is 6.23. The lowest BCUT2D eigenvalue weighted by Crippen LogP contribution is -2.10. The number of carbonyl (C=O) groups excluding carboxylic acids is 1. The number of fused-ring (bicyclic) bond motifs is 1. The number of phenolic OH excluding ortho intramolecular Hbond substituents is 1. The normalized spacial score (nSPS) is 13.8. The first-order valence-corrected chi connectivity index (χ1v) is 8.96. The summed E-state index contributed by atoms with van der Waals surface area (Å²) in [7, 11) is 0. The van der Waals surface area contributed by atoms with Gasteiger partial charge in [-0.25, -0.2) is 0 Å². The van der Waals surface area contributed by atoms with E-state index in [1.54, 1.807) is 0 Å². The Bertz CT molecular complexity index is 668. The fraction of sp³-hybridized carbons (Fsp3) is 0.214. The van der Waals surface area contributed by atoms with E-state index in [1.807, 2.05) is 17.8 Å². The van der Waals surface area contributed by atoms with Gasteiger partial charge in [-0.1, -0.05) is 23.2 Å². The van der Waals surface area contributed by atoms with E-state index in [2.05, 4.69) is 5.32 Å². The SMILES string of the molecule is O=C(Nc1cc(Cl)c(O)c(Cl)c1)c1cc2c(s1)CCSC2. The number of amides is 1. The number of carbonyl (C=O) groups is 1. The van der Waals surface area contributed by atoms with Crippen LogP contribution in [0.3, 0.4) is 0 Å². The van der Waals surface area contributed by atoms with Crippen molar-refractivity contribution in [3.63, 3.8) is 0 Å². The highest BCUT2D eigenvalue weighted by atomic mass is 35.5. The van der Waals surface area contributed by atoms with E-state index < -0.39 is 0 Å². The van der Waals surface area contributed by atoms with Crippen molar-refractivity contribution in [2.75, 3.05) is 11.1 Å². The lowest BCUT2D eigenvalue weighted by molar-refractivity contribution is 0.103. The van der Waals surface area contributed by atoms with E-state index in [4.69, 9.17) is 23.2 Å². The third-order valence-electron chi connectivity index (χ3n) is 3.13. The summed E-state index contributed by atoms with van der Waals surface area (Å²) >= 11 is 15.1. The number of hydrogen-bond donors (Lipinski definition) is 2. The molecule has 2 aromatic rings. The second-order valence-corrected chi connectivity index (χ2v) is 7.66.